The number of carbonyl (C=O) groups is 1. The quantitative estimate of drug-likeness (QED) is 0.905. The Morgan fingerprint density at radius 1 is 1.43 bits per heavy atom. The number of halogens is 1. The van der Waals surface area contributed by atoms with Crippen LogP contribution in [-0.4, -0.2) is 33.3 Å². The molecule has 112 valence electrons. The van der Waals surface area contributed by atoms with E-state index in [1.54, 1.807) is 0 Å². The van der Waals surface area contributed by atoms with E-state index in [0.717, 1.165) is 28.9 Å². The summed E-state index contributed by atoms with van der Waals surface area (Å²) in [7, 11) is 0. The van der Waals surface area contributed by atoms with Crippen molar-refractivity contribution in [2.75, 3.05) is 12.4 Å². The molecule has 21 heavy (non-hydrogen) atoms. The van der Waals surface area contributed by atoms with Crippen LogP contribution in [0.1, 0.15) is 19.2 Å². The molecular formula is C13H15ClN4O2S. The van der Waals surface area contributed by atoms with Gasteiger partial charge in [-0.25, -0.2) is 10.4 Å². The number of amides is 1. The molecule has 1 aromatic carbocycles. The second-order valence-electron chi connectivity index (χ2n) is 4.36. The van der Waals surface area contributed by atoms with Gasteiger partial charge >= 0.3 is 0 Å². The maximum absolute atomic E-state index is 11.1. The van der Waals surface area contributed by atoms with E-state index in [2.05, 4.69) is 27.4 Å². The summed E-state index contributed by atoms with van der Waals surface area (Å²) in [6.45, 7) is 2.77. The highest BCUT2D eigenvalue weighted by Crippen LogP contribution is 2.20. The first-order chi connectivity index (χ1) is 9.76. The van der Waals surface area contributed by atoms with Gasteiger partial charge in [0.25, 0.3) is 5.24 Å². The van der Waals surface area contributed by atoms with Gasteiger partial charge in [-0.3, -0.25) is 4.79 Å². The minimum absolute atomic E-state index is 0. The molecule has 1 amide bonds. The highest BCUT2D eigenvalue weighted by molar-refractivity contribution is 8.14. The zero-order chi connectivity index (χ0) is 13.9. The van der Waals surface area contributed by atoms with Gasteiger partial charge in [0.15, 0.2) is 5.82 Å². The molecule has 0 fully saturated rings. The van der Waals surface area contributed by atoms with E-state index < -0.39 is 0 Å². The van der Waals surface area contributed by atoms with Crippen molar-refractivity contribution >= 4 is 46.2 Å². The van der Waals surface area contributed by atoms with Gasteiger partial charge in [0.2, 0.25) is 0 Å². The molecule has 1 aromatic heterocycles. The van der Waals surface area contributed by atoms with E-state index in [0.29, 0.717) is 18.2 Å². The molecule has 3 rings (SSSR count). The van der Waals surface area contributed by atoms with Crippen LogP contribution in [0.3, 0.4) is 0 Å². The normalized spacial score (nSPS) is 14.3. The number of nitrogens with one attached hydrogen (secondary N) is 2. The standard InChI is InChI=1S/C13H14N4O2S.ClH/c1-2-5-19-8-3-4-9-10(6-8)15-12(14-9)11-7-20-13(18)17-16-11;/h3-4,6H,2,5,7H2,1H3,(H,14,15)(H,17,18);1H. The molecule has 2 aromatic rings. The Labute approximate surface area is 132 Å². The molecule has 0 radical (unpaired) electrons. The molecule has 0 atom stereocenters. The molecule has 6 nitrogen and oxygen atoms in total. The lowest BCUT2D eigenvalue weighted by Gasteiger charge is -2.08. The van der Waals surface area contributed by atoms with Crippen molar-refractivity contribution in [1.29, 1.82) is 0 Å². The lowest BCUT2D eigenvalue weighted by atomic mass is 10.3. The monoisotopic (exact) mass is 326 g/mol. The smallest absolute Gasteiger partial charge is 0.299 e. The SMILES string of the molecule is CCCOc1ccc2nc(C3=NNC(=O)SC3)[nH]c2c1.Cl. The third-order valence-electron chi connectivity index (χ3n) is 2.82. The fourth-order valence-electron chi connectivity index (χ4n) is 1.87. The molecule has 0 aliphatic carbocycles. The highest BCUT2D eigenvalue weighted by atomic mass is 35.5. The first-order valence-electron chi connectivity index (χ1n) is 6.38. The number of hydrogen-bond donors (Lipinski definition) is 2. The number of nitrogens with zero attached hydrogens (tertiary/aromatic N) is 2. The van der Waals surface area contributed by atoms with Gasteiger partial charge in [-0.1, -0.05) is 18.7 Å². The van der Waals surface area contributed by atoms with Crippen LogP contribution in [-0.2, 0) is 0 Å². The number of hydrazone groups is 1. The fraction of sp³-hybridized carbons (Fsp3) is 0.308. The topological polar surface area (TPSA) is 79.4 Å². The summed E-state index contributed by atoms with van der Waals surface area (Å²) in [6, 6.07) is 5.74. The van der Waals surface area contributed by atoms with Crippen molar-refractivity contribution in [1.82, 2.24) is 15.4 Å². The lowest BCUT2D eigenvalue weighted by Crippen LogP contribution is -2.24. The first kappa shape index (κ1) is 15.7. The van der Waals surface area contributed by atoms with Crippen LogP contribution in [0, 0.1) is 0 Å². The predicted octanol–water partition coefficient (Wildman–Crippen LogP) is 2.93. The summed E-state index contributed by atoms with van der Waals surface area (Å²) in [6.07, 6.45) is 0.972. The van der Waals surface area contributed by atoms with Crippen molar-refractivity contribution in [2.24, 2.45) is 5.10 Å². The molecule has 1 aliphatic rings. The third-order valence-corrected chi connectivity index (χ3v) is 3.59. The minimum atomic E-state index is -0.139. The molecule has 0 unspecified atom stereocenters. The van der Waals surface area contributed by atoms with Gasteiger partial charge in [-0.05, 0) is 18.6 Å². The number of thioether (sulfide) groups is 1. The van der Waals surface area contributed by atoms with Crippen LogP contribution < -0.4 is 10.2 Å². The Bertz CT molecular complexity index is 686. The van der Waals surface area contributed by atoms with Crippen molar-refractivity contribution < 1.29 is 9.53 Å². The Morgan fingerprint density at radius 2 is 2.29 bits per heavy atom. The molecule has 0 spiro atoms. The summed E-state index contributed by atoms with van der Waals surface area (Å²) in [5.41, 5.74) is 4.94. The second kappa shape index (κ2) is 6.82. The number of aromatic amines is 1. The van der Waals surface area contributed by atoms with E-state index in [9.17, 15) is 4.79 Å². The number of fused-ring (bicyclic) bond motifs is 1. The summed E-state index contributed by atoms with van der Waals surface area (Å²) >= 11 is 1.18. The number of hydrogen-bond acceptors (Lipinski definition) is 5. The van der Waals surface area contributed by atoms with Gasteiger partial charge < -0.3 is 9.72 Å². The number of ether oxygens (including phenoxy) is 1. The van der Waals surface area contributed by atoms with Gasteiger partial charge in [-0.15, -0.1) is 12.4 Å². The summed E-state index contributed by atoms with van der Waals surface area (Å²) in [5.74, 6) is 2.02. The number of rotatable bonds is 4. The van der Waals surface area contributed by atoms with Crippen LogP contribution in [0.5, 0.6) is 5.75 Å². The molecule has 0 bridgehead atoms. The average molecular weight is 327 g/mol. The Balaban J connectivity index is 0.00000161. The molecule has 0 saturated heterocycles. The van der Waals surface area contributed by atoms with E-state index in [1.165, 1.54) is 11.8 Å². The number of H-pyrrole nitrogens is 1. The largest absolute Gasteiger partial charge is 0.494 e. The molecule has 2 N–H and O–H groups in total. The van der Waals surface area contributed by atoms with Crippen molar-refractivity contribution in [3.8, 4) is 5.75 Å². The average Bonchev–Trinajstić information content (AvgIpc) is 2.89. The molecule has 8 heteroatoms. The van der Waals surface area contributed by atoms with Gasteiger partial charge in [0, 0.05) is 6.07 Å². The predicted molar refractivity (Wildman–Crippen MR) is 86.7 cm³/mol. The molecule has 1 aliphatic heterocycles. The number of aromatic nitrogens is 2. The molecule has 0 saturated carbocycles. The van der Waals surface area contributed by atoms with E-state index >= 15 is 0 Å². The van der Waals surface area contributed by atoms with Crippen LogP contribution in [0.4, 0.5) is 4.79 Å². The molecule has 2 heterocycles. The first-order valence-corrected chi connectivity index (χ1v) is 7.37. The van der Waals surface area contributed by atoms with Crippen LogP contribution in [0.15, 0.2) is 23.3 Å². The second-order valence-corrected chi connectivity index (χ2v) is 5.31. The van der Waals surface area contributed by atoms with Gasteiger partial charge in [0.1, 0.15) is 11.5 Å². The molecular weight excluding hydrogens is 312 g/mol. The summed E-state index contributed by atoms with van der Waals surface area (Å²) in [5, 5.41) is 3.88. The van der Waals surface area contributed by atoms with Crippen molar-refractivity contribution in [3.63, 3.8) is 0 Å². The van der Waals surface area contributed by atoms with Crippen LogP contribution in [0.25, 0.3) is 11.0 Å². The third kappa shape index (κ3) is 3.48. The summed E-state index contributed by atoms with van der Waals surface area (Å²) < 4.78 is 5.59. The fourth-order valence-corrected chi connectivity index (χ4v) is 2.45. The maximum Gasteiger partial charge on any atom is 0.299 e. The highest BCUT2D eigenvalue weighted by Gasteiger charge is 2.17. The zero-order valence-electron chi connectivity index (χ0n) is 11.4. The van der Waals surface area contributed by atoms with Crippen molar-refractivity contribution in [2.45, 2.75) is 13.3 Å². The van der Waals surface area contributed by atoms with E-state index in [-0.39, 0.29) is 17.6 Å². The number of imidazole rings is 1. The number of carbonyl (C=O) groups excluding carboxylic acids is 1. The Hall–Kier alpha value is -1.73. The van der Waals surface area contributed by atoms with Crippen LogP contribution >= 0.6 is 24.2 Å². The Kier molecular flexibility index (Phi) is 5.08. The van der Waals surface area contributed by atoms with Crippen molar-refractivity contribution in [3.05, 3.63) is 24.0 Å². The van der Waals surface area contributed by atoms with E-state index in [1.807, 2.05) is 18.2 Å². The maximum atomic E-state index is 11.1. The minimum Gasteiger partial charge on any atom is -0.494 e. The van der Waals surface area contributed by atoms with Crippen LogP contribution in [0.2, 0.25) is 0 Å². The van der Waals surface area contributed by atoms with Gasteiger partial charge in [0.05, 0.1) is 23.4 Å². The summed E-state index contributed by atoms with van der Waals surface area (Å²) in [4.78, 5) is 18.7. The number of benzene rings is 1. The van der Waals surface area contributed by atoms with E-state index in [4.69, 9.17) is 4.74 Å². The van der Waals surface area contributed by atoms with Gasteiger partial charge in [-0.2, -0.15) is 5.10 Å². The zero-order valence-corrected chi connectivity index (χ0v) is 13.0. The lowest BCUT2D eigenvalue weighted by molar-refractivity contribution is 0.261. The Morgan fingerprint density at radius 3 is 3.00 bits per heavy atom.